The average molecular weight is 373 g/mol. The second-order valence-corrected chi connectivity index (χ2v) is 7.27. The molecule has 0 atom stereocenters. The number of hydrogen-bond acceptors (Lipinski definition) is 4. The number of amides is 1. The normalized spacial score (nSPS) is 15.8. The van der Waals surface area contributed by atoms with Crippen molar-refractivity contribution in [1.29, 1.82) is 0 Å². The molecule has 1 aliphatic heterocycles. The molecule has 138 valence electrons. The van der Waals surface area contributed by atoms with Crippen LogP contribution in [-0.4, -0.2) is 53.4 Å². The summed E-state index contributed by atoms with van der Waals surface area (Å²) in [4.78, 5) is 21.3. The van der Waals surface area contributed by atoms with E-state index >= 15 is 0 Å². The molecule has 0 saturated carbocycles. The lowest BCUT2D eigenvalue weighted by atomic mass is 10.1. The van der Waals surface area contributed by atoms with Crippen LogP contribution in [0.4, 0.5) is 5.69 Å². The molecule has 0 spiro atoms. The van der Waals surface area contributed by atoms with E-state index in [0.717, 1.165) is 55.2 Å². The van der Waals surface area contributed by atoms with Crippen LogP contribution in [0, 0.1) is 13.8 Å². The average Bonchev–Trinajstić information content (AvgIpc) is 2.61. The van der Waals surface area contributed by atoms with E-state index in [4.69, 9.17) is 11.6 Å². The van der Waals surface area contributed by atoms with Gasteiger partial charge in [-0.1, -0.05) is 23.7 Å². The van der Waals surface area contributed by atoms with Crippen molar-refractivity contribution in [2.75, 3.05) is 38.0 Å². The molecule has 6 heteroatoms. The van der Waals surface area contributed by atoms with Crippen molar-refractivity contribution in [2.45, 2.75) is 20.4 Å². The highest BCUT2D eigenvalue weighted by Crippen LogP contribution is 2.27. The predicted octanol–water partition coefficient (Wildman–Crippen LogP) is 3.11. The Kier molecular flexibility index (Phi) is 6.25. The summed E-state index contributed by atoms with van der Waals surface area (Å²) >= 11 is 6.28. The third-order valence-corrected chi connectivity index (χ3v) is 4.94. The number of halogens is 1. The maximum Gasteiger partial charge on any atom is 0.238 e. The molecule has 0 unspecified atom stereocenters. The Morgan fingerprint density at radius 2 is 1.88 bits per heavy atom. The Hall–Kier alpha value is -1.95. The number of carbonyl (C=O) groups excluding carboxylic acids is 1. The summed E-state index contributed by atoms with van der Waals surface area (Å²) in [6.45, 7) is 8.84. The Morgan fingerprint density at radius 1 is 1.15 bits per heavy atom. The zero-order chi connectivity index (χ0) is 18.5. The van der Waals surface area contributed by atoms with Crippen LogP contribution in [0.15, 0.2) is 36.5 Å². The first-order valence-electron chi connectivity index (χ1n) is 8.92. The fourth-order valence-corrected chi connectivity index (χ4v) is 3.65. The summed E-state index contributed by atoms with van der Waals surface area (Å²) in [6, 6.07) is 9.90. The van der Waals surface area contributed by atoms with Gasteiger partial charge in [0.2, 0.25) is 5.91 Å². The first-order valence-corrected chi connectivity index (χ1v) is 9.30. The van der Waals surface area contributed by atoms with Gasteiger partial charge in [-0.3, -0.25) is 19.6 Å². The van der Waals surface area contributed by atoms with Gasteiger partial charge in [0.05, 0.1) is 22.9 Å². The maximum absolute atomic E-state index is 12.4. The van der Waals surface area contributed by atoms with Crippen molar-refractivity contribution in [3.63, 3.8) is 0 Å². The molecule has 0 aliphatic carbocycles. The van der Waals surface area contributed by atoms with Crippen molar-refractivity contribution in [3.05, 3.63) is 58.4 Å². The highest BCUT2D eigenvalue weighted by Gasteiger charge is 2.20. The van der Waals surface area contributed by atoms with Crippen LogP contribution in [0.5, 0.6) is 0 Å². The van der Waals surface area contributed by atoms with Crippen LogP contribution < -0.4 is 5.32 Å². The minimum absolute atomic E-state index is 0.0166. The Bertz CT molecular complexity index is 735. The van der Waals surface area contributed by atoms with E-state index < -0.39 is 0 Å². The number of anilines is 1. The van der Waals surface area contributed by atoms with Gasteiger partial charge in [-0.05, 0) is 43.2 Å². The molecule has 1 N–H and O–H groups in total. The smallest absolute Gasteiger partial charge is 0.238 e. The van der Waals surface area contributed by atoms with Crippen LogP contribution in [0.3, 0.4) is 0 Å². The van der Waals surface area contributed by atoms with Crippen LogP contribution in [-0.2, 0) is 11.3 Å². The molecule has 1 aromatic carbocycles. The lowest BCUT2D eigenvalue weighted by Gasteiger charge is -2.34. The van der Waals surface area contributed by atoms with Gasteiger partial charge in [-0.15, -0.1) is 0 Å². The Morgan fingerprint density at radius 3 is 2.54 bits per heavy atom. The molecule has 1 aliphatic rings. The summed E-state index contributed by atoms with van der Waals surface area (Å²) in [5, 5.41) is 3.56. The fraction of sp³-hybridized carbons (Fsp3) is 0.400. The number of pyridine rings is 1. The van der Waals surface area contributed by atoms with Crippen molar-refractivity contribution < 1.29 is 4.79 Å². The molecule has 5 nitrogen and oxygen atoms in total. The third kappa shape index (κ3) is 5.04. The van der Waals surface area contributed by atoms with Crippen LogP contribution in [0.1, 0.15) is 16.8 Å². The summed E-state index contributed by atoms with van der Waals surface area (Å²) in [6.07, 6.45) is 1.83. The highest BCUT2D eigenvalue weighted by molar-refractivity contribution is 6.34. The van der Waals surface area contributed by atoms with E-state index in [-0.39, 0.29) is 5.91 Å². The molecule has 2 heterocycles. The second kappa shape index (κ2) is 8.62. The molecule has 1 amide bonds. The lowest BCUT2D eigenvalue weighted by molar-refractivity contribution is -0.117. The first-order chi connectivity index (χ1) is 12.5. The zero-order valence-electron chi connectivity index (χ0n) is 15.3. The number of hydrogen-bond donors (Lipinski definition) is 1. The fourth-order valence-electron chi connectivity index (χ4n) is 3.28. The van der Waals surface area contributed by atoms with Crippen molar-refractivity contribution in [3.8, 4) is 0 Å². The topological polar surface area (TPSA) is 48.5 Å². The lowest BCUT2D eigenvalue weighted by Crippen LogP contribution is -2.48. The zero-order valence-corrected chi connectivity index (χ0v) is 16.1. The molecule has 0 radical (unpaired) electrons. The SMILES string of the molecule is Cc1cc(C)c(NC(=O)CN2CCN(Cc3ccccn3)CC2)c(Cl)c1. The maximum atomic E-state index is 12.4. The number of rotatable bonds is 5. The van der Waals surface area contributed by atoms with E-state index in [9.17, 15) is 4.79 Å². The van der Waals surface area contributed by atoms with Gasteiger partial charge < -0.3 is 5.32 Å². The number of aromatic nitrogens is 1. The molecular formula is C20H25ClN4O. The van der Waals surface area contributed by atoms with Crippen molar-refractivity contribution >= 4 is 23.2 Å². The molecule has 1 saturated heterocycles. The van der Waals surface area contributed by atoms with Crippen molar-refractivity contribution in [2.24, 2.45) is 0 Å². The minimum Gasteiger partial charge on any atom is -0.323 e. The summed E-state index contributed by atoms with van der Waals surface area (Å²) in [5.74, 6) is -0.0166. The van der Waals surface area contributed by atoms with Gasteiger partial charge in [0.1, 0.15) is 0 Å². The van der Waals surface area contributed by atoms with Gasteiger partial charge in [0.25, 0.3) is 0 Å². The van der Waals surface area contributed by atoms with Gasteiger partial charge in [0, 0.05) is 38.9 Å². The quantitative estimate of drug-likeness (QED) is 0.876. The summed E-state index contributed by atoms with van der Waals surface area (Å²) in [5.41, 5.74) is 3.89. The van der Waals surface area contributed by atoms with Crippen molar-refractivity contribution in [1.82, 2.24) is 14.8 Å². The van der Waals surface area contributed by atoms with Crippen LogP contribution >= 0.6 is 11.6 Å². The monoisotopic (exact) mass is 372 g/mol. The molecule has 3 rings (SSSR count). The number of carbonyl (C=O) groups is 1. The number of benzene rings is 1. The number of nitrogens with zero attached hydrogens (tertiary/aromatic N) is 3. The molecule has 2 aromatic rings. The molecule has 26 heavy (non-hydrogen) atoms. The Labute approximate surface area is 160 Å². The molecule has 1 fully saturated rings. The van der Waals surface area contributed by atoms with E-state index in [2.05, 4.69) is 20.1 Å². The first kappa shape index (κ1) is 18.8. The Balaban J connectivity index is 1.48. The van der Waals surface area contributed by atoms with Gasteiger partial charge in [0.15, 0.2) is 0 Å². The van der Waals surface area contributed by atoms with E-state index in [1.54, 1.807) is 0 Å². The number of nitrogens with one attached hydrogen (secondary N) is 1. The van der Waals surface area contributed by atoms with E-state index in [1.807, 2.05) is 50.4 Å². The summed E-state index contributed by atoms with van der Waals surface area (Å²) < 4.78 is 0. The minimum atomic E-state index is -0.0166. The number of piperazine rings is 1. The second-order valence-electron chi connectivity index (χ2n) is 6.86. The van der Waals surface area contributed by atoms with E-state index in [1.165, 1.54) is 0 Å². The van der Waals surface area contributed by atoms with Gasteiger partial charge >= 0.3 is 0 Å². The van der Waals surface area contributed by atoms with E-state index in [0.29, 0.717) is 11.6 Å². The molecular weight excluding hydrogens is 348 g/mol. The molecule has 0 bridgehead atoms. The van der Waals surface area contributed by atoms with Gasteiger partial charge in [-0.2, -0.15) is 0 Å². The van der Waals surface area contributed by atoms with Crippen LogP contribution in [0.25, 0.3) is 0 Å². The molecule has 1 aromatic heterocycles. The highest BCUT2D eigenvalue weighted by atomic mass is 35.5. The largest absolute Gasteiger partial charge is 0.323 e. The predicted molar refractivity (Wildman–Crippen MR) is 106 cm³/mol. The van der Waals surface area contributed by atoms with Gasteiger partial charge in [-0.25, -0.2) is 0 Å². The number of aryl methyl sites for hydroxylation is 2. The van der Waals surface area contributed by atoms with Crippen LogP contribution in [0.2, 0.25) is 5.02 Å². The summed E-state index contributed by atoms with van der Waals surface area (Å²) in [7, 11) is 0. The standard InChI is InChI=1S/C20H25ClN4O/c1-15-11-16(2)20(18(21)12-15)23-19(26)14-25-9-7-24(8-10-25)13-17-5-3-4-6-22-17/h3-6,11-12H,7-10,13-14H2,1-2H3,(H,23,26). The third-order valence-electron chi connectivity index (χ3n) is 4.64.